The average Bonchev–Trinajstić information content (AvgIpc) is 2.62. The Morgan fingerprint density at radius 2 is 2.12 bits per heavy atom. The van der Waals surface area contributed by atoms with E-state index in [4.69, 9.17) is 4.74 Å². The molecule has 2 rings (SSSR count). The quantitative estimate of drug-likeness (QED) is 0.921. The molecule has 1 aromatic rings. The highest BCUT2D eigenvalue weighted by molar-refractivity contribution is 9.10. The van der Waals surface area contributed by atoms with Gasteiger partial charge in [-0.1, -0.05) is 28.1 Å². The van der Waals surface area contributed by atoms with E-state index in [0.29, 0.717) is 5.92 Å². The number of methoxy groups -OCH3 is 1. The van der Waals surface area contributed by atoms with Gasteiger partial charge in [0.25, 0.3) is 0 Å². The lowest BCUT2D eigenvalue weighted by atomic mass is 9.91. The van der Waals surface area contributed by atoms with Gasteiger partial charge in [-0.05, 0) is 37.0 Å². The van der Waals surface area contributed by atoms with Crippen LogP contribution in [-0.2, 0) is 4.74 Å². The molecule has 16 heavy (non-hydrogen) atoms. The lowest BCUT2D eigenvalue weighted by molar-refractivity contribution is 0.129. The Morgan fingerprint density at radius 3 is 2.75 bits per heavy atom. The largest absolute Gasteiger partial charge is 0.383 e. The Morgan fingerprint density at radius 1 is 1.44 bits per heavy atom. The molecule has 1 fully saturated rings. The molecular formula is C13H18BrNO. The lowest BCUT2D eigenvalue weighted by Crippen LogP contribution is -2.40. The Balaban J connectivity index is 2.06. The zero-order valence-corrected chi connectivity index (χ0v) is 11.4. The molecule has 2 unspecified atom stereocenters. The van der Waals surface area contributed by atoms with Gasteiger partial charge in [-0.2, -0.15) is 0 Å². The third kappa shape index (κ3) is 2.65. The van der Waals surface area contributed by atoms with Gasteiger partial charge >= 0.3 is 0 Å². The highest BCUT2D eigenvalue weighted by Gasteiger charge is 2.35. The fourth-order valence-corrected chi connectivity index (χ4v) is 2.72. The summed E-state index contributed by atoms with van der Waals surface area (Å²) in [5.41, 5.74) is 1.54. The number of halogens is 1. The topological polar surface area (TPSA) is 21.3 Å². The zero-order chi connectivity index (χ0) is 11.6. The normalized spacial score (nSPS) is 29.6. The molecule has 0 aliphatic carbocycles. The molecule has 1 aromatic carbocycles. The van der Waals surface area contributed by atoms with Crippen molar-refractivity contribution in [2.24, 2.45) is 0 Å². The van der Waals surface area contributed by atoms with Crippen LogP contribution in [0.2, 0.25) is 0 Å². The molecule has 1 aliphatic heterocycles. The molecule has 1 N–H and O–H groups in total. The zero-order valence-electron chi connectivity index (χ0n) is 9.79. The summed E-state index contributed by atoms with van der Waals surface area (Å²) in [6.45, 7) is 4.05. The van der Waals surface area contributed by atoms with E-state index >= 15 is 0 Å². The standard InChI is InChI=1S/C13H18BrNO/c1-13(9-16-2)7-11(8-15-13)10-3-5-12(14)6-4-10/h3-6,11,15H,7-9H2,1-2H3. The van der Waals surface area contributed by atoms with Gasteiger partial charge in [-0.15, -0.1) is 0 Å². The van der Waals surface area contributed by atoms with Crippen molar-refractivity contribution >= 4 is 15.9 Å². The number of nitrogens with one attached hydrogen (secondary N) is 1. The second kappa shape index (κ2) is 4.86. The third-order valence-corrected chi connectivity index (χ3v) is 3.81. The molecule has 0 bridgehead atoms. The maximum atomic E-state index is 5.26. The van der Waals surface area contributed by atoms with Crippen LogP contribution in [0.15, 0.2) is 28.7 Å². The van der Waals surface area contributed by atoms with Crippen molar-refractivity contribution in [2.75, 3.05) is 20.3 Å². The summed E-state index contributed by atoms with van der Waals surface area (Å²) in [7, 11) is 1.76. The molecule has 1 saturated heterocycles. The van der Waals surface area contributed by atoms with E-state index < -0.39 is 0 Å². The van der Waals surface area contributed by atoms with Crippen LogP contribution in [0, 0.1) is 0 Å². The molecule has 0 radical (unpaired) electrons. The molecule has 2 atom stereocenters. The van der Waals surface area contributed by atoms with Crippen LogP contribution in [0.3, 0.4) is 0 Å². The third-order valence-electron chi connectivity index (χ3n) is 3.28. The van der Waals surface area contributed by atoms with Gasteiger partial charge in [0.2, 0.25) is 0 Å². The SMILES string of the molecule is COCC1(C)CC(c2ccc(Br)cc2)CN1. The number of hydrogen-bond donors (Lipinski definition) is 1. The van der Waals surface area contributed by atoms with Crippen molar-refractivity contribution in [1.29, 1.82) is 0 Å². The van der Waals surface area contributed by atoms with Crippen LogP contribution in [0.4, 0.5) is 0 Å². The van der Waals surface area contributed by atoms with E-state index in [2.05, 4.69) is 52.4 Å². The number of rotatable bonds is 3. The van der Waals surface area contributed by atoms with Crippen molar-refractivity contribution in [2.45, 2.75) is 24.8 Å². The van der Waals surface area contributed by atoms with E-state index in [1.165, 1.54) is 5.56 Å². The van der Waals surface area contributed by atoms with Crippen molar-refractivity contribution in [3.63, 3.8) is 0 Å². The second-order valence-electron chi connectivity index (χ2n) is 4.83. The molecule has 3 heteroatoms. The number of benzene rings is 1. The minimum absolute atomic E-state index is 0.131. The lowest BCUT2D eigenvalue weighted by Gasteiger charge is -2.23. The van der Waals surface area contributed by atoms with Gasteiger partial charge < -0.3 is 10.1 Å². The summed E-state index contributed by atoms with van der Waals surface area (Å²) in [6, 6.07) is 8.63. The molecule has 1 aliphatic rings. The van der Waals surface area contributed by atoms with Crippen molar-refractivity contribution in [1.82, 2.24) is 5.32 Å². The van der Waals surface area contributed by atoms with E-state index in [-0.39, 0.29) is 5.54 Å². The average molecular weight is 284 g/mol. The Labute approximate surface area is 106 Å². The first kappa shape index (κ1) is 12.1. The van der Waals surface area contributed by atoms with Crippen molar-refractivity contribution in [3.05, 3.63) is 34.3 Å². The number of hydrogen-bond acceptors (Lipinski definition) is 2. The molecular weight excluding hydrogens is 266 g/mol. The molecule has 0 spiro atoms. The van der Waals surface area contributed by atoms with Crippen molar-refractivity contribution in [3.8, 4) is 0 Å². The minimum Gasteiger partial charge on any atom is -0.383 e. The van der Waals surface area contributed by atoms with Crippen LogP contribution in [-0.4, -0.2) is 25.8 Å². The molecule has 0 amide bonds. The van der Waals surface area contributed by atoms with Gasteiger partial charge in [-0.3, -0.25) is 0 Å². The first-order valence-electron chi connectivity index (χ1n) is 5.62. The van der Waals surface area contributed by atoms with E-state index in [1.54, 1.807) is 7.11 Å². The molecule has 0 aromatic heterocycles. The highest BCUT2D eigenvalue weighted by Crippen LogP contribution is 2.32. The van der Waals surface area contributed by atoms with Gasteiger partial charge in [-0.25, -0.2) is 0 Å². The maximum Gasteiger partial charge on any atom is 0.0642 e. The van der Waals surface area contributed by atoms with Gasteiger partial charge in [0, 0.05) is 23.7 Å². The fraction of sp³-hybridized carbons (Fsp3) is 0.538. The summed E-state index contributed by atoms with van der Waals surface area (Å²) >= 11 is 3.47. The highest BCUT2D eigenvalue weighted by atomic mass is 79.9. The Bertz CT molecular complexity index is 351. The molecule has 88 valence electrons. The van der Waals surface area contributed by atoms with Gasteiger partial charge in [0.1, 0.15) is 0 Å². The van der Waals surface area contributed by atoms with E-state index in [1.807, 2.05) is 0 Å². The van der Waals surface area contributed by atoms with Crippen LogP contribution in [0.1, 0.15) is 24.8 Å². The summed E-state index contributed by atoms with van der Waals surface area (Å²) in [5, 5.41) is 3.56. The van der Waals surface area contributed by atoms with Crippen LogP contribution >= 0.6 is 15.9 Å². The van der Waals surface area contributed by atoms with Gasteiger partial charge in [0.15, 0.2) is 0 Å². The molecule has 1 heterocycles. The number of ether oxygens (including phenoxy) is 1. The second-order valence-corrected chi connectivity index (χ2v) is 5.74. The summed E-state index contributed by atoms with van der Waals surface area (Å²) in [4.78, 5) is 0. The van der Waals surface area contributed by atoms with Crippen LogP contribution in [0.5, 0.6) is 0 Å². The van der Waals surface area contributed by atoms with Gasteiger partial charge in [0.05, 0.1) is 6.61 Å². The summed E-state index contributed by atoms with van der Waals surface area (Å²) in [5.74, 6) is 0.605. The fourth-order valence-electron chi connectivity index (χ4n) is 2.46. The summed E-state index contributed by atoms with van der Waals surface area (Å²) < 4.78 is 6.40. The Hall–Kier alpha value is -0.380. The Kier molecular flexibility index (Phi) is 3.67. The maximum absolute atomic E-state index is 5.26. The van der Waals surface area contributed by atoms with E-state index in [0.717, 1.165) is 24.0 Å². The van der Waals surface area contributed by atoms with Crippen LogP contribution in [0.25, 0.3) is 0 Å². The van der Waals surface area contributed by atoms with Crippen molar-refractivity contribution < 1.29 is 4.74 Å². The minimum atomic E-state index is 0.131. The van der Waals surface area contributed by atoms with E-state index in [9.17, 15) is 0 Å². The first-order valence-corrected chi connectivity index (χ1v) is 6.42. The monoisotopic (exact) mass is 283 g/mol. The summed E-state index contributed by atoms with van der Waals surface area (Å²) in [6.07, 6.45) is 1.14. The smallest absolute Gasteiger partial charge is 0.0642 e. The first-order chi connectivity index (χ1) is 7.63. The molecule has 0 saturated carbocycles. The van der Waals surface area contributed by atoms with Crippen LogP contribution < -0.4 is 5.32 Å². The predicted octanol–water partition coefficient (Wildman–Crippen LogP) is 2.93. The predicted molar refractivity (Wildman–Crippen MR) is 69.8 cm³/mol. The molecule has 2 nitrogen and oxygen atoms in total.